The van der Waals surface area contributed by atoms with E-state index in [4.69, 9.17) is 0 Å². The highest BCUT2D eigenvalue weighted by atomic mass is 32.2. The third-order valence-electron chi connectivity index (χ3n) is 5.34. The molecular formula is C21H21F3N4O4S. The Labute approximate surface area is 188 Å². The van der Waals surface area contributed by atoms with E-state index < -0.39 is 28.7 Å². The Hall–Kier alpha value is -3.15. The number of benzene rings is 1. The van der Waals surface area contributed by atoms with Gasteiger partial charge in [0.25, 0.3) is 21.8 Å². The van der Waals surface area contributed by atoms with Crippen LogP contribution < -0.4 is 5.32 Å². The van der Waals surface area contributed by atoms with Gasteiger partial charge in [-0.05, 0) is 42.7 Å². The first kappa shape index (κ1) is 23.0. The number of alkyl halides is 3. The first-order valence-corrected chi connectivity index (χ1v) is 11.9. The summed E-state index contributed by atoms with van der Waals surface area (Å²) in [6, 6.07) is 6.13. The van der Waals surface area contributed by atoms with Crippen molar-refractivity contribution >= 4 is 27.7 Å². The van der Waals surface area contributed by atoms with E-state index in [9.17, 15) is 31.2 Å². The van der Waals surface area contributed by atoms with Gasteiger partial charge in [-0.3, -0.25) is 9.59 Å². The Morgan fingerprint density at radius 2 is 1.85 bits per heavy atom. The second-order valence-electron chi connectivity index (χ2n) is 8.01. The van der Waals surface area contributed by atoms with Crippen molar-refractivity contribution in [3.05, 3.63) is 59.3 Å². The van der Waals surface area contributed by atoms with Gasteiger partial charge in [0.15, 0.2) is 0 Å². The van der Waals surface area contributed by atoms with Crippen LogP contribution in [0.1, 0.15) is 28.8 Å². The summed E-state index contributed by atoms with van der Waals surface area (Å²) in [5.41, 5.74) is 1.23. The topological polar surface area (TPSA) is 99.1 Å². The predicted octanol–water partition coefficient (Wildman–Crippen LogP) is 1.97. The molecule has 0 saturated heterocycles. The molecule has 0 atom stereocenters. The number of hydrogen-bond donors (Lipinski definition) is 1. The van der Waals surface area contributed by atoms with Gasteiger partial charge < -0.3 is 15.1 Å². The average molecular weight is 482 g/mol. The number of hydrogen-bond acceptors (Lipinski definition) is 5. The van der Waals surface area contributed by atoms with Crippen molar-refractivity contribution in [1.29, 1.82) is 0 Å². The molecule has 1 aromatic carbocycles. The molecule has 1 aliphatic carbocycles. The molecule has 176 valence electrons. The van der Waals surface area contributed by atoms with Gasteiger partial charge in [-0.2, -0.15) is 13.2 Å². The minimum absolute atomic E-state index is 0.0679. The van der Waals surface area contributed by atoms with E-state index in [1.807, 2.05) is 5.32 Å². The molecule has 0 aromatic heterocycles. The molecule has 1 aromatic rings. The van der Waals surface area contributed by atoms with E-state index in [2.05, 4.69) is 4.40 Å². The van der Waals surface area contributed by atoms with Gasteiger partial charge in [-0.25, -0.2) is 8.42 Å². The second-order valence-corrected chi connectivity index (χ2v) is 9.76. The minimum Gasteiger partial charge on any atom is -0.343 e. The molecule has 0 radical (unpaired) electrons. The van der Waals surface area contributed by atoms with Crippen LogP contribution in [0.4, 0.5) is 13.2 Å². The zero-order chi connectivity index (χ0) is 23.8. The number of sulfonamides is 1. The van der Waals surface area contributed by atoms with Gasteiger partial charge in [-0.15, -0.1) is 4.40 Å². The standard InChI is InChI=1S/C21H21F3N4O4S/c22-21(23,24)13-25-19(29)15-3-1-14(2-4-15)11-28(17-6-7-17)20(30)16-5-8-18-26-33(31,32)10-9-27(18)12-16/h1-5,8,12,17H,6-7,9-11,13H2,(H,25,29). The van der Waals surface area contributed by atoms with Crippen LogP contribution in [-0.2, 0) is 21.4 Å². The van der Waals surface area contributed by atoms with E-state index in [-0.39, 0.29) is 42.2 Å². The summed E-state index contributed by atoms with van der Waals surface area (Å²) in [4.78, 5) is 28.4. The third kappa shape index (κ3) is 5.81. The van der Waals surface area contributed by atoms with E-state index in [0.29, 0.717) is 5.57 Å². The molecule has 3 aliphatic rings. The Morgan fingerprint density at radius 3 is 2.48 bits per heavy atom. The maximum atomic E-state index is 13.2. The molecule has 0 unspecified atom stereocenters. The predicted molar refractivity (Wildman–Crippen MR) is 114 cm³/mol. The Morgan fingerprint density at radius 1 is 1.15 bits per heavy atom. The van der Waals surface area contributed by atoms with Crippen molar-refractivity contribution in [2.45, 2.75) is 31.6 Å². The van der Waals surface area contributed by atoms with Gasteiger partial charge in [0.1, 0.15) is 12.4 Å². The number of amidine groups is 1. The lowest BCUT2D eigenvalue weighted by Gasteiger charge is -2.29. The van der Waals surface area contributed by atoms with Crippen molar-refractivity contribution in [2.24, 2.45) is 4.40 Å². The van der Waals surface area contributed by atoms with Crippen LogP contribution in [-0.4, -0.2) is 66.9 Å². The van der Waals surface area contributed by atoms with E-state index in [1.54, 1.807) is 34.2 Å². The third-order valence-corrected chi connectivity index (χ3v) is 6.50. The smallest absolute Gasteiger partial charge is 0.343 e. The highest BCUT2D eigenvalue weighted by Crippen LogP contribution is 2.30. The van der Waals surface area contributed by atoms with Crippen LogP contribution in [0.2, 0.25) is 0 Å². The number of fused-ring (bicyclic) bond motifs is 1. The molecule has 2 aliphatic heterocycles. The van der Waals surface area contributed by atoms with Crippen LogP contribution in [0.15, 0.2) is 52.6 Å². The quantitative estimate of drug-likeness (QED) is 0.669. The highest BCUT2D eigenvalue weighted by Gasteiger charge is 2.35. The van der Waals surface area contributed by atoms with Crippen LogP contribution >= 0.6 is 0 Å². The van der Waals surface area contributed by atoms with E-state index in [1.165, 1.54) is 18.2 Å². The fraction of sp³-hybridized carbons (Fsp3) is 0.381. The van der Waals surface area contributed by atoms with Gasteiger partial charge in [0.05, 0.1) is 11.3 Å². The number of nitrogens with zero attached hydrogens (tertiary/aromatic N) is 3. The van der Waals surface area contributed by atoms with Crippen LogP contribution in [0.3, 0.4) is 0 Å². The number of nitrogens with one attached hydrogen (secondary N) is 1. The Kier molecular flexibility index (Phi) is 6.04. The molecule has 1 fully saturated rings. The fourth-order valence-corrected chi connectivity index (χ4v) is 4.46. The molecule has 0 bridgehead atoms. The zero-order valence-electron chi connectivity index (χ0n) is 17.4. The van der Waals surface area contributed by atoms with Crippen molar-refractivity contribution < 1.29 is 31.2 Å². The lowest BCUT2D eigenvalue weighted by atomic mass is 10.1. The SMILES string of the molecule is O=C(NCC(F)(F)F)c1ccc(CN(C(=O)C2=CN3CCS(=O)(=O)N=C3C=C2)C2CC2)cc1. The monoisotopic (exact) mass is 482 g/mol. The molecule has 4 rings (SSSR count). The number of carbonyl (C=O) groups excluding carboxylic acids is 2. The van der Waals surface area contributed by atoms with Crippen LogP contribution in [0.5, 0.6) is 0 Å². The molecule has 2 heterocycles. The molecule has 33 heavy (non-hydrogen) atoms. The summed E-state index contributed by atoms with van der Waals surface area (Å²) in [6.07, 6.45) is 1.87. The summed E-state index contributed by atoms with van der Waals surface area (Å²) in [5.74, 6) is -0.895. The van der Waals surface area contributed by atoms with Crippen molar-refractivity contribution in [3.63, 3.8) is 0 Å². The minimum atomic E-state index is -4.49. The van der Waals surface area contributed by atoms with Crippen molar-refractivity contribution in [3.8, 4) is 0 Å². The highest BCUT2D eigenvalue weighted by molar-refractivity contribution is 7.90. The van der Waals surface area contributed by atoms with Gasteiger partial charge >= 0.3 is 6.18 Å². The lowest BCUT2D eigenvalue weighted by Crippen LogP contribution is -2.39. The molecule has 0 spiro atoms. The van der Waals surface area contributed by atoms with Crippen LogP contribution in [0, 0.1) is 0 Å². The van der Waals surface area contributed by atoms with Crippen LogP contribution in [0.25, 0.3) is 0 Å². The van der Waals surface area contributed by atoms with Crippen molar-refractivity contribution in [2.75, 3.05) is 18.8 Å². The average Bonchev–Trinajstić information content (AvgIpc) is 3.59. The fourth-order valence-electron chi connectivity index (χ4n) is 3.49. The van der Waals surface area contributed by atoms with Gasteiger partial charge in [-0.1, -0.05) is 12.1 Å². The summed E-state index contributed by atoms with van der Waals surface area (Å²) >= 11 is 0. The number of halogens is 3. The number of rotatable bonds is 6. The van der Waals surface area contributed by atoms with Gasteiger partial charge in [0.2, 0.25) is 0 Å². The molecule has 1 N–H and O–H groups in total. The maximum Gasteiger partial charge on any atom is 0.405 e. The zero-order valence-corrected chi connectivity index (χ0v) is 18.2. The molecule has 12 heteroatoms. The summed E-state index contributed by atoms with van der Waals surface area (Å²) in [7, 11) is -3.49. The first-order valence-electron chi connectivity index (χ1n) is 10.2. The molecule has 8 nitrogen and oxygen atoms in total. The molecule has 2 amide bonds. The normalized spacial score (nSPS) is 19.3. The maximum absolute atomic E-state index is 13.2. The Balaban J connectivity index is 1.44. The summed E-state index contributed by atoms with van der Waals surface area (Å²) < 4.78 is 63.9. The summed E-state index contributed by atoms with van der Waals surface area (Å²) in [5, 5.41) is 1.82. The van der Waals surface area contributed by atoms with E-state index in [0.717, 1.165) is 18.4 Å². The van der Waals surface area contributed by atoms with E-state index >= 15 is 0 Å². The second kappa shape index (κ2) is 8.65. The number of carbonyl (C=O) groups is 2. The first-order chi connectivity index (χ1) is 15.5. The number of amides is 2. The largest absolute Gasteiger partial charge is 0.405 e. The Bertz CT molecular complexity index is 1150. The van der Waals surface area contributed by atoms with Gasteiger partial charge in [0, 0.05) is 30.9 Å². The lowest BCUT2D eigenvalue weighted by molar-refractivity contribution is -0.128. The molecular weight excluding hydrogens is 461 g/mol. The summed E-state index contributed by atoms with van der Waals surface area (Å²) in [6.45, 7) is -0.923. The molecule has 1 saturated carbocycles. The van der Waals surface area contributed by atoms with Crippen molar-refractivity contribution in [1.82, 2.24) is 15.1 Å².